The highest BCUT2D eigenvalue weighted by atomic mass is 19.4. The maximum Gasteiger partial charge on any atom is 0.416 e. The van der Waals surface area contributed by atoms with Crippen LogP contribution in [0.4, 0.5) is 37.0 Å². The summed E-state index contributed by atoms with van der Waals surface area (Å²) in [6.07, 6.45) is -6.29. The van der Waals surface area contributed by atoms with E-state index in [0.29, 0.717) is 30.1 Å². The zero-order chi connectivity index (χ0) is 30.1. The number of benzene rings is 1. The van der Waals surface area contributed by atoms with Gasteiger partial charge in [0.2, 0.25) is 0 Å². The number of nitrogens with zero attached hydrogens (tertiary/aromatic N) is 4. The number of anilines is 1. The van der Waals surface area contributed by atoms with Crippen LogP contribution in [0.2, 0.25) is 0 Å². The highest BCUT2D eigenvalue weighted by Crippen LogP contribution is 2.42. The van der Waals surface area contributed by atoms with Crippen molar-refractivity contribution in [2.45, 2.75) is 70.1 Å². The number of hydrogen-bond acceptors (Lipinski definition) is 6. The van der Waals surface area contributed by atoms with Crippen LogP contribution in [0, 0.1) is 0 Å². The molecule has 14 heteroatoms. The van der Waals surface area contributed by atoms with Crippen LogP contribution >= 0.6 is 0 Å². The number of pyridine rings is 1. The van der Waals surface area contributed by atoms with E-state index in [1.54, 1.807) is 6.07 Å². The van der Waals surface area contributed by atoms with E-state index in [1.165, 1.54) is 6.20 Å². The van der Waals surface area contributed by atoms with E-state index in [2.05, 4.69) is 21.6 Å². The molecule has 2 fully saturated rings. The fraction of sp³-hybridized carbons (Fsp3) is 0.444. The molecule has 1 aromatic carbocycles. The monoisotopic (exact) mass is 585 g/mol. The third-order valence-corrected chi connectivity index (χ3v) is 7.30. The molecular weight excluding hydrogens is 556 g/mol. The van der Waals surface area contributed by atoms with Crippen LogP contribution in [0.3, 0.4) is 0 Å². The molecule has 1 aliphatic heterocycles. The average Bonchev–Trinajstić information content (AvgIpc) is 3.21. The number of aromatic nitrogens is 1. The molecule has 1 saturated heterocycles. The van der Waals surface area contributed by atoms with Crippen molar-refractivity contribution < 1.29 is 41.1 Å². The Labute approximate surface area is 232 Å². The summed E-state index contributed by atoms with van der Waals surface area (Å²) in [4.78, 5) is 20.6. The predicted molar refractivity (Wildman–Crippen MR) is 137 cm³/mol. The minimum absolute atomic E-state index is 0.00195. The van der Waals surface area contributed by atoms with Crippen molar-refractivity contribution >= 4 is 17.7 Å². The maximum absolute atomic E-state index is 13.4. The fourth-order valence-electron chi connectivity index (χ4n) is 5.27. The maximum atomic E-state index is 13.4. The predicted octanol–water partition coefficient (Wildman–Crippen LogP) is 6.58. The molecule has 1 amide bonds. The Morgan fingerprint density at radius 2 is 1.73 bits per heavy atom. The van der Waals surface area contributed by atoms with E-state index in [4.69, 9.17) is 15.7 Å². The number of cyclic esters (lactones) is 1. The quantitative estimate of drug-likeness (QED) is 0.125. The second-order valence-electron chi connectivity index (χ2n) is 9.95. The number of hydrogen-bond donors (Lipinski definition) is 2. The summed E-state index contributed by atoms with van der Waals surface area (Å²) in [5, 5.41) is 12.2. The molecule has 4 rings (SSSR count). The number of amidine groups is 1. The minimum Gasteiger partial charge on any atom is -0.434 e. The first-order valence-corrected chi connectivity index (χ1v) is 12.9. The van der Waals surface area contributed by atoms with E-state index in [9.17, 15) is 31.1 Å². The van der Waals surface area contributed by atoms with Gasteiger partial charge in [0.25, 0.3) is 0 Å². The number of carbonyl (C=O) groups excluding carboxylic acids is 1. The van der Waals surface area contributed by atoms with Crippen molar-refractivity contribution in [3.63, 3.8) is 0 Å². The Kier molecular flexibility index (Phi) is 8.41. The summed E-state index contributed by atoms with van der Waals surface area (Å²) in [5.74, 6) is 0.270. The van der Waals surface area contributed by atoms with Crippen LogP contribution in [-0.4, -0.2) is 39.6 Å². The molecule has 8 nitrogen and oxygen atoms in total. The van der Waals surface area contributed by atoms with E-state index < -0.39 is 41.2 Å². The first-order chi connectivity index (χ1) is 19.2. The Morgan fingerprint density at radius 1 is 1.12 bits per heavy atom. The lowest BCUT2D eigenvalue weighted by Gasteiger charge is -2.36. The molecule has 0 spiro atoms. The summed E-state index contributed by atoms with van der Waals surface area (Å²) >= 11 is 0. The van der Waals surface area contributed by atoms with Crippen molar-refractivity contribution in [1.29, 1.82) is 0 Å². The molecule has 2 aromatic rings. The summed E-state index contributed by atoms with van der Waals surface area (Å²) in [7, 11) is 0. The lowest BCUT2D eigenvalue weighted by molar-refractivity contribution is -0.143. The van der Waals surface area contributed by atoms with Crippen LogP contribution in [0.25, 0.3) is 0 Å². The molecule has 3 N–H and O–H groups in total. The van der Waals surface area contributed by atoms with Crippen molar-refractivity contribution in [2.24, 2.45) is 10.9 Å². The fourth-order valence-corrected chi connectivity index (χ4v) is 5.27. The molecule has 1 saturated carbocycles. The third-order valence-electron chi connectivity index (χ3n) is 7.30. The number of carbonyl (C=O) groups is 1. The average molecular weight is 586 g/mol. The van der Waals surface area contributed by atoms with Gasteiger partial charge in [-0.2, -0.15) is 26.3 Å². The SMILES string of the molecule is C=C1[C@@H](c2cc(C(F)(F)F)cc(C(F)(F)F)c2)OC(=O)N1Cc1cc(/C(N)=N/O)cnc1N(CC)C1CCCCC1. The van der Waals surface area contributed by atoms with E-state index in [-0.39, 0.29) is 35.7 Å². The number of oxime groups is 1. The zero-order valence-corrected chi connectivity index (χ0v) is 22.1. The molecule has 2 heterocycles. The van der Waals surface area contributed by atoms with Crippen molar-refractivity contribution in [2.75, 3.05) is 11.4 Å². The van der Waals surface area contributed by atoms with Crippen LogP contribution in [0.1, 0.15) is 72.9 Å². The van der Waals surface area contributed by atoms with Crippen molar-refractivity contribution in [3.8, 4) is 0 Å². The molecule has 222 valence electrons. The summed E-state index contributed by atoms with van der Waals surface area (Å²) < 4.78 is 85.9. The number of amides is 1. The van der Waals surface area contributed by atoms with Crippen LogP contribution < -0.4 is 10.6 Å². The highest BCUT2D eigenvalue weighted by Gasteiger charge is 2.42. The third kappa shape index (κ3) is 6.35. The molecule has 0 bridgehead atoms. The first-order valence-electron chi connectivity index (χ1n) is 12.9. The lowest BCUT2D eigenvalue weighted by Crippen LogP contribution is -2.38. The smallest absolute Gasteiger partial charge is 0.416 e. The van der Waals surface area contributed by atoms with Gasteiger partial charge in [-0.3, -0.25) is 4.90 Å². The van der Waals surface area contributed by atoms with E-state index >= 15 is 0 Å². The summed E-state index contributed by atoms with van der Waals surface area (Å²) in [6, 6.07) is 2.75. The number of rotatable bonds is 7. The molecule has 1 aliphatic carbocycles. The zero-order valence-electron chi connectivity index (χ0n) is 22.1. The van der Waals surface area contributed by atoms with Gasteiger partial charge in [0.1, 0.15) is 5.82 Å². The summed E-state index contributed by atoms with van der Waals surface area (Å²) in [5.41, 5.74) is 2.72. The van der Waals surface area contributed by atoms with Gasteiger partial charge in [0, 0.05) is 29.9 Å². The molecule has 0 unspecified atom stereocenters. The van der Waals surface area contributed by atoms with E-state index in [0.717, 1.165) is 37.0 Å². The summed E-state index contributed by atoms with van der Waals surface area (Å²) in [6.45, 7) is 6.07. The molecule has 1 aromatic heterocycles. The second kappa shape index (κ2) is 11.5. The Morgan fingerprint density at radius 3 is 2.27 bits per heavy atom. The largest absolute Gasteiger partial charge is 0.434 e. The van der Waals surface area contributed by atoms with Gasteiger partial charge >= 0.3 is 18.4 Å². The van der Waals surface area contributed by atoms with Gasteiger partial charge in [-0.05, 0) is 49.6 Å². The second-order valence-corrected chi connectivity index (χ2v) is 9.95. The number of alkyl halides is 6. The normalized spacial score (nSPS) is 19.0. The van der Waals surface area contributed by atoms with Crippen LogP contribution in [-0.2, 0) is 23.6 Å². The van der Waals surface area contributed by atoms with Gasteiger partial charge in [-0.25, -0.2) is 9.78 Å². The number of nitrogens with two attached hydrogens (primary N) is 1. The van der Waals surface area contributed by atoms with Crippen LogP contribution in [0.15, 0.2) is 47.9 Å². The Balaban J connectivity index is 1.72. The van der Waals surface area contributed by atoms with Gasteiger partial charge in [-0.15, -0.1) is 0 Å². The molecular formula is C27H29F6N5O3. The van der Waals surface area contributed by atoms with Crippen molar-refractivity contribution in [3.05, 3.63) is 70.6 Å². The molecule has 41 heavy (non-hydrogen) atoms. The molecule has 2 aliphatic rings. The highest BCUT2D eigenvalue weighted by molar-refractivity contribution is 5.97. The Bertz CT molecular complexity index is 1310. The molecule has 0 radical (unpaired) electrons. The number of halogens is 6. The van der Waals surface area contributed by atoms with Gasteiger partial charge < -0.3 is 20.6 Å². The van der Waals surface area contributed by atoms with E-state index in [1.807, 2.05) is 6.92 Å². The van der Waals surface area contributed by atoms with Crippen LogP contribution in [0.5, 0.6) is 0 Å². The first kappa shape index (κ1) is 30.0. The molecule has 1 atom stereocenters. The minimum atomic E-state index is -5.07. The van der Waals surface area contributed by atoms with Gasteiger partial charge in [0.05, 0.1) is 23.4 Å². The number of ether oxygens (including phenoxy) is 1. The topological polar surface area (TPSA) is 104 Å². The van der Waals surface area contributed by atoms with Gasteiger partial charge in [0.15, 0.2) is 11.9 Å². The van der Waals surface area contributed by atoms with Gasteiger partial charge in [-0.1, -0.05) is 31.0 Å². The standard InChI is InChI=1S/C27H29F6N5O3/c1-3-37(21-7-5-4-6-8-21)24-18(9-17(13-35-24)23(34)36-40)14-38-15(2)22(41-25(38)39)16-10-19(26(28,29)30)12-20(11-16)27(31,32)33/h9-13,21-22,40H,2-8,14H2,1H3,(H2,34,36)/t22-/m0/s1. The lowest BCUT2D eigenvalue weighted by atomic mass is 9.93. The van der Waals surface area contributed by atoms with Crippen molar-refractivity contribution in [1.82, 2.24) is 9.88 Å². The Hall–Kier alpha value is -3.97.